The van der Waals surface area contributed by atoms with Gasteiger partial charge >= 0.3 is 0 Å². The number of carbonyl (C=O) groups is 2. The Labute approximate surface area is 202 Å². The number of hydrogen-bond donors (Lipinski definition) is 2. The molecule has 34 heavy (non-hydrogen) atoms. The average Bonchev–Trinajstić information content (AvgIpc) is 3.04. The molecule has 1 spiro atoms. The van der Waals surface area contributed by atoms with Gasteiger partial charge in [-0.05, 0) is 80.8 Å². The van der Waals surface area contributed by atoms with E-state index in [1.54, 1.807) is 6.08 Å². The SMILES string of the molecule is CCOC1(CC)OCC(=O)[C@]2(CC[C@H]3[C@@H]4C[C@](C)(O)C5=CC(=O)CC[C@]5(C)[C@H]4[C@@H](O)C[C@@]32C)O1. The zero-order valence-corrected chi connectivity index (χ0v) is 21.2. The molecule has 5 aliphatic rings. The zero-order valence-electron chi connectivity index (χ0n) is 21.2. The van der Waals surface area contributed by atoms with E-state index in [-0.39, 0.29) is 35.9 Å². The Hall–Kier alpha value is -1.12. The van der Waals surface area contributed by atoms with E-state index in [9.17, 15) is 19.8 Å². The number of rotatable bonds is 3. The van der Waals surface area contributed by atoms with E-state index >= 15 is 0 Å². The molecule has 1 heterocycles. The third-order valence-corrected chi connectivity index (χ3v) is 10.3. The standard InChI is InChI=1S/C27H40O7/c1-6-27(32-7-2)33-15-21(30)26(34-27)11-9-18-17-13-25(5,31)20-12-16(28)8-10-23(20,3)22(17)19(29)14-24(18,26)4/h12,17-19,22,29,31H,6-11,13-15H2,1-5H3/t17-,18-,19-,22+,23-,24-,25-,26-,27?/m0/s1. The van der Waals surface area contributed by atoms with E-state index in [0.717, 1.165) is 12.0 Å². The Morgan fingerprint density at radius 3 is 2.56 bits per heavy atom. The van der Waals surface area contributed by atoms with Crippen molar-refractivity contribution in [1.29, 1.82) is 0 Å². The Morgan fingerprint density at radius 1 is 1.15 bits per heavy atom. The third-order valence-electron chi connectivity index (χ3n) is 10.3. The molecule has 4 aliphatic carbocycles. The summed E-state index contributed by atoms with van der Waals surface area (Å²) in [5.74, 6) is -1.24. The molecule has 0 aromatic heterocycles. The van der Waals surface area contributed by atoms with Crippen molar-refractivity contribution in [2.75, 3.05) is 13.2 Å². The van der Waals surface area contributed by atoms with E-state index in [1.807, 2.05) is 20.8 Å². The van der Waals surface area contributed by atoms with Crippen LogP contribution in [0.1, 0.15) is 79.6 Å². The summed E-state index contributed by atoms with van der Waals surface area (Å²) >= 11 is 0. The third kappa shape index (κ3) is 3.06. The summed E-state index contributed by atoms with van der Waals surface area (Å²) in [5, 5.41) is 23.3. The normalized spacial score (nSPS) is 52.7. The minimum atomic E-state index is -1.26. The molecule has 3 saturated carbocycles. The van der Waals surface area contributed by atoms with Gasteiger partial charge in [-0.1, -0.05) is 20.8 Å². The van der Waals surface area contributed by atoms with Gasteiger partial charge in [0.05, 0.1) is 11.7 Å². The van der Waals surface area contributed by atoms with Gasteiger partial charge in [-0.15, -0.1) is 0 Å². The monoisotopic (exact) mass is 476 g/mol. The maximum absolute atomic E-state index is 13.5. The van der Waals surface area contributed by atoms with Crippen LogP contribution in [0.15, 0.2) is 11.6 Å². The second kappa shape index (κ2) is 7.69. The van der Waals surface area contributed by atoms with E-state index in [0.29, 0.717) is 45.1 Å². The first-order valence-corrected chi connectivity index (χ1v) is 13.1. The first kappa shape index (κ1) is 24.6. The number of aliphatic hydroxyl groups excluding tert-OH is 1. The highest BCUT2D eigenvalue weighted by Gasteiger charge is 2.73. The lowest BCUT2D eigenvalue weighted by Crippen LogP contribution is -2.68. The lowest BCUT2D eigenvalue weighted by molar-refractivity contribution is -0.430. The van der Waals surface area contributed by atoms with Crippen molar-refractivity contribution in [3.63, 3.8) is 0 Å². The summed E-state index contributed by atoms with van der Waals surface area (Å²) in [6, 6.07) is 0. The Bertz CT molecular complexity index is 926. The van der Waals surface area contributed by atoms with Gasteiger partial charge in [0.2, 0.25) is 0 Å². The van der Waals surface area contributed by atoms with Gasteiger partial charge in [0.25, 0.3) is 5.97 Å². The minimum Gasteiger partial charge on any atom is -0.393 e. The van der Waals surface area contributed by atoms with Crippen LogP contribution in [0.5, 0.6) is 0 Å². The number of carbonyl (C=O) groups excluding carboxylic acids is 2. The molecule has 0 bridgehead atoms. The van der Waals surface area contributed by atoms with Crippen LogP contribution in [0.4, 0.5) is 0 Å². The van der Waals surface area contributed by atoms with Gasteiger partial charge in [0.15, 0.2) is 11.6 Å². The van der Waals surface area contributed by atoms with Crippen molar-refractivity contribution in [2.24, 2.45) is 28.6 Å². The van der Waals surface area contributed by atoms with Gasteiger partial charge in [0.1, 0.15) is 12.2 Å². The molecule has 5 rings (SSSR count). The molecule has 0 aromatic carbocycles. The van der Waals surface area contributed by atoms with E-state index in [4.69, 9.17) is 14.2 Å². The molecule has 4 fully saturated rings. The lowest BCUT2D eigenvalue weighted by atomic mass is 9.43. The van der Waals surface area contributed by atoms with Gasteiger partial charge in [-0.25, -0.2) is 0 Å². The van der Waals surface area contributed by atoms with Crippen LogP contribution >= 0.6 is 0 Å². The van der Waals surface area contributed by atoms with E-state index in [2.05, 4.69) is 13.8 Å². The van der Waals surface area contributed by atoms with Crippen molar-refractivity contribution < 1.29 is 34.0 Å². The van der Waals surface area contributed by atoms with Crippen LogP contribution in [0.2, 0.25) is 0 Å². The number of ketones is 2. The van der Waals surface area contributed by atoms with Crippen LogP contribution in [0.3, 0.4) is 0 Å². The molecule has 2 N–H and O–H groups in total. The molecule has 9 atom stereocenters. The number of ether oxygens (including phenoxy) is 3. The number of fused-ring (bicyclic) bond motifs is 6. The summed E-state index contributed by atoms with van der Waals surface area (Å²) in [6.07, 6.45) is 4.75. The number of Topliss-reactive ketones (excluding diaryl/α,β-unsaturated/α-hetero) is 1. The average molecular weight is 477 g/mol. The second-order valence-electron chi connectivity index (χ2n) is 12.1. The summed E-state index contributed by atoms with van der Waals surface area (Å²) in [6.45, 7) is 10.2. The fourth-order valence-electron chi connectivity index (χ4n) is 8.97. The highest BCUT2D eigenvalue weighted by molar-refractivity contribution is 5.92. The molecule has 190 valence electrons. The molecule has 1 unspecified atom stereocenters. The summed E-state index contributed by atoms with van der Waals surface area (Å²) in [7, 11) is 0. The van der Waals surface area contributed by atoms with Crippen molar-refractivity contribution >= 4 is 11.6 Å². The van der Waals surface area contributed by atoms with Gasteiger partial charge in [-0.2, -0.15) is 0 Å². The van der Waals surface area contributed by atoms with Gasteiger partial charge in [0, 0.05) is 24.9 Å². The molecule has 1 saturated heterocycles. The molecule has 7 nitrogen and oxygen atoms in total. The molecular formula is C27H40O7. The molecule has 0 amide bonds. The number of hydrogen-bond acceptors (Lipinski definition) is 7. The van der Waals surface area contributed by atoms with Crippen LogP contribution in [0.25, 0.3) is 0 Å². The number of aliphatic hydroxyl groups is 2. The van der Waals surface area contributed by atoms with Gasteiger partial charge < -0.3 is 24.4 Å². The summed E-state index contributed by atoms with van der Waals surface area (Å²) in [4.78, 5) is 25.8. The van der Waals surface area contributed by atoms with E-state index < -0.39 is 34.1 Å². The first-order valence-electron chi connectivity index (χ1n) is 13.1. The predicted octanol–water partition coefficient (Wildman–Crippen LogP) is 3.31. The highest BCUT2D eigenvalue weighted by Crippen LogP contribution is 2.70. The van der Waals surface area contributed by atoms with Crippen molar-refractivity contribution in [2.45, 2.75) is 103 Å². The topological polar surface area (TPSA) is 102 Å². The summed E-state index contributed by atoms with van der Waals surface area (Å²) in [5.41, 5.74) is -2.50. The fraction of sp³-hybridized carbons (Fsp3) is 0.852. The Balaban J connectivity index is 1.57. The smallest absolute Gasteiger partial charge is 0.283 e. The Kier molecular flexibility index (Phi) is 5.56. The maximum atomic E-state index is 13.5. The zero-order chi connectivity index (χ0) is 24.7. The quantitative estimate of drug-likeness (QED) is 0.644. The first-order chi connectivity index (χ1) is 15.9. The highest BCUT2D eigenvalue weighted by atomic mass is 16.9. The largest absolute Gasteiger partial charge is 0.393 e. The fourth-order valence-corrected chi connectivity index (χ4v) is 8.97. The Morgan fingerprint density at radius 2 is 1.88 bits per heavy atom. The second-order valence-corrected chi connectivity index (χ2v) is 12.1. The van der Waals surface area contributed by atoms with E-state index in [1.165, 1.54) is 0 Å². The van der Waals surface area contributed by atoms with Crippen molar-refractivity contribution in [3.8, 4) is 0 Å². The summed E-state index contributed by atoms with van der Waals surface area (Å²) < 4.78 is 18.3. The minimum absolute atomic E-state index is 0.0147. The molecule has 7 heteroatoms. The molecule has 0 aromatic rings. The lowest BCUT2D eigenvalue weighted by Gasteiger charge is -2.64. The molecular weight excluding hydrogens is 436 g/mol. The van der Waals surface area contributed by atoms with Crippen LogP contribution in [-0.4, -0.2) is 58.3 Å². The van der Waals surface area contributed by atoms with Crippen molar-refractivity contribution in [1.82, 2.24) is 0 Å². The predicted molar refractivity (Wildman–Crippen MR) is 124 cm³/mol. The van der Waals surface area contributed by atoms with Crippen molar-refractivity contribution in [3.05, 3.63) is 11.6 Å². The van der Waals surface area contributed by atoms with Crippen LogP contribution < -0.4 is 0 Å². The van der Waals surface area contributed by atoms with Crippen LogP contribution in [0, 0.1) is 28.6 Å². The molecule has 1 aliphatic heterocycles. The van der Waals surface area contributed by atoms with Crippen LogP contribution in [-0.2, 0) is 23.8 Å². The van der Waals surface area contributed by atoms with Gasteiger partial charge in [-0.3, -0.25) is 9.59 Å². The molecule has 0 radical (unpaired) electrons. The maximum Gasteiger partial charge on any atom is 0.283 e.